The van der Waals surface area contributed by atoms with Gasteiger partial charge in [0, 0.05) is 42.6 Å². The van der Waals surface area contributed by atoms with Gasteiger partial charge in [-0.15, -0.1) is 10.2 Å². The van der Waals surface area contributed by atoms with E-state index in [4.69, 9.17) is 4.74 Å². The van der Waals surface area contributed by atoms with E-state index in [1.165, 1.54) is 18.2 Å². The van der Waals surface area contributed by atoms with Crippen LogP contribution in [0.15, 0.2) is 48.7 Å². The second-order valence-electron chi connectivity index (χ2n) is 6.45. The van der Waals surface area contributed by atoms with Crippen LogP contribution in [0.25, 0.3) is 16.8 Å². The van der Waals surface area contributed by atoms with E-state index in [1.807, 2.05) is 0 Å². The predicted molar refractivity (Wildman–Crippen MR) is 106 cm³/mol. The summed E-state index contributed by atoms with van der Waals surface area (Å²) in [6.45, 7) is 1.77. The van der Waals surface area contributed by atoms with Crippen LogP contribution in [0.2, 0.25) is 0 Å². The van der Waals surface area contributed by atoms with Crippen molar-refractivity contribution < 1.29 is 18.4 Å². The largest absolute Gasteiger partial charge is 0.454 e. The monoisotopic (exact) mass is 411 g/mol. The summed E-state index contributed by atoms with van der Waals surface area (Å²) in [4.78, 5) is 10.8. The molecule has 2 aromatic heterocycles. The number of aromatic nitrogens is 3. The van der Waals surface area contributed by atoms with E-state index in [0.717, 1.165) is 12.1 Å². The summed E-state index contributed by atoms with van der Waals surface area (Å²) in [6.07, 6.45) is 1.71. The first-order valence-electron chi connectivity index (χ1n) is 8.82. The molecule has 2 aromatic carbocycles. The van der Waals surface area contributed by atoms with Crippen LogP contribution in [0.4, 0.5) is 20.2 Å². The molecule has 152 valence electrons. The number of aryl methyl sites for hydroxylation is 1. The quantitative estimate of drug-likeness (QED) is 0.377. The van der Waals surface area contributed by atoms with Gasteiger partial charge in [0.1, 0.15) is 17.4 Å². The van der Waals surface area contributed by atoms with Crippen molar-refractivity contribution in [2.24, 2.45) is 0 Å². The Morgan fingerprint density at radius 3 is 2.57 bits per heavy atom. The van der Waals surface area contributed by atoms with Crippen molar-refractivity contribution in [1.29, 1.82) is 0 Å². The fraction of sp³-hybridized carbons (Fsp3) is 0.100. The fourth-order valence-corrected chi connectivity index (χ4v) is 3.06. The molecule has 0 aliphatic rings. The Morgan fingerprint density at radius 2 is 1.87 bits per heavy atom. The zero-order valence-electron chi connectivity index (χ0n) is 15.9. The van der Waals surface area contributed by atoms with Gasteiger partial charge >= 0.3 is 0 Å². The van der Waals surface area contributed by atoms with E-state index in [-0.39, 0.29) is 17.2 Å². The number of nitro benzene ring substituents is 1. The van der Waals surface area contributed by atoms with Gasteiger partial charge in [-0.25, -0.2) is 8.78 Å². The molecule has 4 rings (SSSR count). The van der Waals surface area contributed by atoms with Gasteiger partial charge < -0.3 is 10.1 Å². The molecule has 8 nitrogen and oxygen atoms in total. The van der Waals surface area contributed by atoms with Crippen molar-refractivity contribution in [2.75, 3.05) is 12.4 Å². The van der Waals surface area contributed by atoms with Crippen molar-refractivity contribution >= 4 is 17.0 Å². The SMILES string of the molecule is CNc1cc(-c2cc([N+](=O)[O-])ccc2Oc2ccc(F)cc2F)cn2c(C)nnc12. The Labute approximate surface area is 168 Å². The third kappa shape index (κ3) is 3.39. The molecular weight excluding hydrogens is 396 g/mol. The number of rotatable bonds is 5. The van der Waals surface area contributed by atoms with Gasteiger partial charge in [-0.3, -0.25) is 14.5 Å². The maximum absolute atomic E-state index is 14.1. The van der Waals surface area contributed by atoms with Crippen molar-refractivity contribution in [1.82, 2.24) is 14.6 Å². The molecule has 1 N–H and O–H groups in total. The van der Waals surface area contributed by atoms with E-state index in [1.54, 1.807) is 30.6 Å². The molecule has 0 radical (unpaired) electrons. The van der Waals surface area contributed by atoms with Gasteiger partial charge in [-0.2, -0.15) is 0 Å². The van der Waals surface area contributed by atoms with Gasteiger partial charge in [0.2, 0.25) is 0 Å². The minimum Gasteiger partial charge on any atom is -0.454 e. The zero-order valence-corrected chi connectivity index (χ0v) is 15.9. The van der Waals surface area contributed by atoms with Gasteiger partial charge in [0.15, 0.2) is 17.2 Å². The minimum atomic E-state index is -0.889. The molecule has 0 bridgehead atoms. The number of pyridine rings is 1. The summed E-state index contributed by atoms with van der Waals surface area (Å²) in [6, 6.07) is 8.61. The summed E-state index contributed by atoms with van der Waals surface area (Å²) in [5.74, 6) is -1.06. The molecular formula is C20H15F2N5O3. The number of fused-ring (bicyclic) bond motifs is 1. The van der Waals surface area contributed by atoms with Crippen LogP contribution in [-0.2, 0) is 0 Å². The molecule has 10 heteroatoms. The Bertz CT molecular complexity index is 1290. The van der Waals surface area contributed by atoms with E-state index < -0.39 is 16.6 Å². The molecule has 0 amide bonds. The molecule has 0 aliphatic carbocycles. The van der Waals surface area contributed by atoms with Crippen molar-refractivity contribution in [2.45, 2.75) is 6.92 Å². The lowest BCUT2D eigenvalue weighted by molar-refractivity contribution is -0.384. The van der Waals surface area contributed by atoms with Crippen LogP contribution in [0.1, 0.15) is 5.82 Å². The summed E-state index contributed by atoms with van der Waals surface area (Å²) in [5.41, 5.74) is 1.95. The van der Waals surface area contributed by atoms with Crippen LogP contribution in [0.3, 0.4) is 0 Å². The first kappa shape index (κ1) is 19.2. The molecule has 0 unspecified atom stereocenters. The number of nitrogens with zero attached hydrogens (tertiary/aromatic N) is 4. The minimum absolute atomic E-state index is 0.163. The smallest absolute Gasteiger partial charge is 0.270 e. The first-order valence-corrected chi connectivity index (χ1v) is 8.82. The van der Waals surface area contributed by atoms with Crippen LogP contribution in [0, 0.1) is 28.7 Å². The van der Waals surface area contributed by atoms with Crippen LogP contribution in [-0.4, -0.2) is 26.6 Å². The topological polar surface area (TPSA) is 94.6 Å². The molecule has 0 saturated carbocycles. The molecule has 0 spiro atoms. The number of benzene rings is 2. The zero-order chi connectivity index (χ0) is 21.4. The average molecular weight is 411 g/mol. The number of hydrogen-bond acceptors (Lipinski definition) is 6. The van der Waals surface area contributed by atoms with E-state index in [9.17, 15) is 18.9 Å². The van der Waals surface area contributed by atoms with E-state index in [2.05, 4.69) is 15.5 Å². The van der Waals surface area contributed by atoms with E-state index in [0.29, 0.717) is 34.4 Å². The fourth-order valence-electron chi connectivity index (χ4n) is 3.06. The van der Waals surface area contributed by atoms with Crippen molar-refractivity contribution in [3.63, 3.8) is 0 Å². The second kappa shape index (κ2) is 7.39. The van der Waals surface area contributed by atoms with Gasteiger partial charge in [-0.1, -0.05) is 0 Å². The van der Waals surface area contributed by atoms with Gasteiger partial charge in [0.05, 0.1) is 10.6 Å². The lowest BCUT2D eigenvalue weighted by Crippen LogP contribution is -1.99. The Balaban J connectivity index is 1.91. The summed E-state index contributed by atoms with van der Waals surface area (Å²) < 4.78 is 34.7. The highest BCUT2D eigenvalue weighted by molar-refractivity contribution is 5.80. The van der Waals surface area contributed by atoms with E-state index >= 15 is 0 Å². The highest BCUT2D eigenvalue weighted by Gasteiger charge is 2.18. The Hall–Kier alpha value is -4.08. The van der Waals surface area contributed by atoms with Crippen molar-refractivity contribution in [3.05, 3.63) is 76.2 Å². The van der Waals surface area contributed by atoms with Crippen LogP contribution >= 0.6 is 0 Å². The molecule has 30 heavy (non-hydrogen) atoms. The third-order valence-corrected chi connectivity index (χ3v) is 4.54. The third-order valence-electron chi connectivity index (χ3n) is 4.54. The maximum Gasteiger partial charge on any atom is 0.270 e. The highest BCUT2D eigenvalue weighted by atomic mass is 19.1. The van der Waals surface area contributed by atoms with Gasteiger partial charge in [0.25, 0.3) is 5.69 Å². The number of anilines is 1. The van der Waals surface area contributed by atoms with Crippen LogP contribution < -0.4 is 10.1 Å². The number of nitrogens with one attached hydrogen (secondary N) is 1. The second-order valence-corrected chi connectivity index (χ2v) is 6.45. The predicted octanol–water partition coefficient (Wildman–Crippen LogP) is 4.73. The number of ether oxygens (including phenoxy) is 1. The molecule has 2 heterocycles. The summed E-state index contributed by atoms with van der Waals surface area (Å²) in [5, 5.41) is 22.5. The number of non-ortho nitro benzene ring substituents is 1. The lowest BCUT2D eigenvalue weighted by atomic mass is 10.0. The molecule has 0 aliphatic heterocycles. The highest BCUT2D eigenvalue weighted by Crippen LogP contribution is 2.38. The van der Waals surface area contributed by atoms with Crippen molar-refractivity contribution in [3.8, 4) is 22.6 Å². The molecule has 0 atom stereocenters. The van der Waals surface area contributed by atoms with Gasteiger partial charge in [-0.05, 0) is 31.2 Å². The average Bonchev–Trinajstić information content (AvgIpc) is 3.10. The first-order chi connectivity index (χ1) is 14.4. The number of hydrogen-bond donors (Lipinski definition) is 1. The molecule has 4 aromatic rings. The summed E-state index contributed by atoms with van der Waals surface area (Å²) >= 11 is 0. The molecule has 0 fully saturated rings. The maximum atomic E-state index is 14.1. The Morgan fingerprint density at radius 1 is 1.10 bits per heavy atom. The number of halogens is 2. The lowest BCUT2D eigenvalue weighted by Gasteiger charge is -2.14. The van der Waals surface area contributed by atoms with Crippen LogP contribution in [0.5, 0.6) is 11.5 Å². The normalized spacial score (nSPS) is 10.9. The Kier molecular flexibility index (Phi) is 4.74. The summed E-state index contributed by atoms with van der Waals surface area (Å²) in [7, 11) is 1.71. The standard InChI is InChI=1S/C20H15F2N5O3/c1-11-24-25-20-17(23-2)7-12(10-26(11)20)15-9-14(27(28)29)4-6-18(15)30-19-5-3-13(21)8-16(19)22/h3-10,23H,1-2H3. The molecule has 0 saturated heterocycles. The number of nitro groups is 1.